The summed E-state index contributed by atoms with van der Waals surface area (Å²) in [6.07, 6.45) is 3.60. The molecule has 0 radical (unpaired) electrons. The Labute approximate surface area is 137 Å². The van der Waals surface area contributed by atoms with Gasteiger partial charge < -0.3 is 15.2 Å². The van der Waals surface area contributed by atoms with Crippen molar-refractivity contribution >= 4 is 11.9 Å². The van der Waals surface area contributed by atoms with Gasteiger partial charge in [0.1, 0.15) is 11.3 Å². The smallest absolute Gasteiger partial charge is 0.329 e. The van der Waals surface area contributed by atoms with Crippen LogP contribution in [0, 0.1) is 0 Å². The number of hydrogen-bond donors (Lipinski definition) is 2. The second-order valence-electron chi connectivity index (χ2n) is 6.28. The second kappa shape index (κ2) is 7.49. The summed E-state index contributed by atoms with van der Waals surface area (Å²) in [7, 11) is 0. The van der Waals surface area contributed by atoms with Crippen molar-refractivity contribution in [3.63, 3.8) is 0 Å². The summed E-state index contributed by atoms with van der Waals surface area (Å²) >= 11 is 0. The lowest BCUT2D eigenvalue weighted by Crippen LogP contribution is -2.53. The second-order valence-corrected chi connectivity index (χ2v) is 6.28. The van der Waals surface area contributed by atoms with E-state index in [1.54, 1.807) is 0 Å². The third kappa shape index (κ3) is 4.03. The average molecular weight is 319 g/mol. The number of hydrogen-bond acceptors (Lipinski definition) is 3. The van der Waals surface area contributed by atoms with E-state index in [2.05, 4.69) is 19.2 Å². The number of carbonyl (C=O) groups is 2. The van der Waals surface area contributed by atoms with Crippen LogP contribution in [0.5, 0.6) is 5.75 Å². The molecule has 0 saturated heterocycles. The number of amides is 1. The minimum atomic E-state index is -1.11. The molecule has 0 spiro atoms. The number of carbonyl (C=O) groups excluding carboxylic acids is 1. The Morgan fingerprint density at radius 2 is 1.96 bits per heavy atom. The number of nitrogens with one attached hydrogen (secondary N) is 1. The molecule has 1 aliphatic carbocycles. The van der Waals surface area contributed by atoms with Gasteiger partial charge in [0.05, 0.1) is 0 Å². The Kier molecular flexibility index (Phi) is 5.64. The molecule has 23 heavy (non-hydrogen) atoms. The normalized spacial score (nSPS) is 17.5. The molecular formula is C18H25NO4. The van der Waals surface area contributed by atoms with Gasteiger partial charge in [-0.3, -0.25) is 4.79 Å². The van der Waals surface area contributed by atoms with Crippen LogP contribution in [-0.2, 0) is 9.59 Å². The third-order valence-electron chi connectivity index (χ3n) is 4.67. The van der Waals surface area contributed by atoms with Crippen LogP contribution in [0.2, 0.25) is 0 Å². The van der Waals surface area contributed by atoms with E-state index in [-0.39, 0.29) is 12.5 Å². The molecule has 0 heterocycles. The van der Waals surface area contributed by atoms with Crippen molar-refractivity contribution in [3.05, 3.63) is 29.8 Å². The van der Waals surface area contributed by atoms with Crippen molar-refractivity contribution in [2.24, 2.45) is 0 Å². The van der Waals surface area contributed by atoms with Gasteiger partial charge in [0.2, 0.25) is 0 Å². The first kappa shape index (κ1) is 17.3. The van der Waals surface area contributed by atoms with Gasteiger partial charge in [0.15, 0.2) is 6.61 Å². The zero-order valence-electron chi connectivity index (χ0n) is 13.8. The number of carboxylic acids is 1. The largest absolute Gasteiger partial charge is 0.483 e. The van der Waals surface area contributed by atoms with E-state index in [0.717, 1.165) is 24.8 Å². The SMILES string of the molecule is CCC(C)c1ccccc1OCC(=O)NC1(C(=O)O)CCCC1. The van der Waals surface area contributed by atoms with Crippen molar-refractivity contribution in [1.82, 2.24) is 5.32 Å². The predicted molar refractivity (Wildman–Crippen MR) is 87.6 cm³/mol. The molecule has 5 nitrogen and oxygen atoms in total. The molecule has 1 amide bonds. The Morgan fingerprint density at radius 1 is 1.30 bits per heavy atom. The maximum absolute atomic E-state index is 12.1. The number of aliphatic carboxylic acids is 1. The van der Waals surface area contributed by atoms with Gasteiger partial charge in [-0.1, -0.05) is 44.9 Å². The van der Waals surface area contributed by atoms with E-state index < -0.39 is 11.5 Å². The van der Waals surface area contributed by atoms with Crippen LogP contribution >= 0.6 is 0 Å². The lowest BCUT2D eigenvalue weighted by atomic mass is 9.97. The highest BCUT2D eigenvalue weighted by molar-refractivity contribution is 5.87. The Balaban J connectivity index is 1.98. The van der Waals surface area contributed by atoms with Crippen LogP contribution in [0.4, 0.5) is 0 Å². The van der Waals surface area contributed by atoms with Crippen LogP contribution in [0.3, 0.4) is 0 Å². The van der Waals surface area contributed by atoms with Crippen molar-refractivity contribution in [2.75, 3.05) is 6.61 Å². The number of para-hydroxylation sites is 1. The highest BCUT2D eigenvalue weighted by Crippen LogP contribution is 2.30. The minimum absolute atomic E-state index is 0.164. The average Bonchev–Trinajstić information content (AvgIpc) is 3.02. The molecule has 0 aromatic heterocycles. The minimum Gasteiger partial charge on any atom is -0.483 e. The van der Waals surface area contributed by atoms with Gasteiger partial charge in [-0.15, -0.1) is 0 Å². The molecule has 2 N–H and O–H groups in total. The van der Waals surface area contributed by atoms with E-state index in [9.17, 15) is 14.7 Å². The number of ether oxygens (including phenoxy) is 1. The van der Waals surface area contributed by atoms with Crippen LogP contribution in [0.15, 0.2) is 24.3 Å². The van der Waals surface area contributed by atoms with Crippen molar-refractivity contribution in [2.45, 2.75) is 57.4 Å². The van der Waals surface area contributed by atoms with E-state index in [4.69, 9.17) is 4.74 Å². The molecule has 1 aromatic rings. The standard InChI is InChI=1S/C18H25NO4/c1-3-13(2)14-8-4-5-9-15(14)23-12-16(20)19-18(17(21)22)10-6-7-11-18/h4-5,8-9,13H,3,6-7,10-12H2,1-2H3,(H,19,20)(H,21,22). The van der Waals surface area contributed by atoms with Crippen LogP contribution < -0.4 is 10.1 Å². The van der Waals surface area contributed by atoms with Crippen molar-refractivity contribution < 1.29 is 19.4 Å². The molecule has 1 saturated carbocycles. The first-order chi connectivity index (χ1) is 11.0. The summed E-state index contributed by atoms with van der Waals surface area (Å²) < 4.78 is 5.65. The summed E-state index contributed by atoms with van der Waals surface area (Å²) in [5.41, 5.74) is -0.0481. The Hall–Kier alpha value is -2.04. The van der Waals surface area contributed by atoms with E-state index in [0.29, 0.717) is 24.5 Å². The fourth-order valence-electron chi connectivity index (χ4n) is 3.06. The summed E-state index contributed by atoms with van der Waals surface area (Å²) in [5, 5.41) is 12.1. The number of rotatable bonds is 7. The molecular weight excluding hydrogens is 294 g/mol. The van der Waals surface area contributed by atoms with Gasteiger partial charge in [-0.05, 0) is 36.8 Å². The maximum Gasteiger partial charge on any atom is 0.329 e. The summed E-state index contributed by atoms with van der Waals surface area (Å²) in [6.45, 7) is 4.05. The molecule has 1 aromatic carbocycles. The molecule has 126 valence electrons. The van der Waals surface area contributed by atoms with Crippen LogP contribution in [0.1, 0.15) is 57.4 Å². The molecule has 2 rings (SSSR count). The van der Waals surface area contributed by atoms with Crippen LogP contribution in [0.25, 0.3) is 0 Å². The maximum atomic E-state index is 12.1. The van der Waals surface area contributed by atoms with Crippen LogP contribution in [-0.4, -0.2) is 29.1 Å². The van der Waals surface area contributed by atoms with Gasteiger partial charge >= 0.3 is 5.97 Å². The molecule has 1 fully saturated rings. The molecule has 1 aliphatic rings. The fourth-order valence-corrected chi connectivity index (χ4v) is 3.06. The monoisotopic (exact) mass is 319 g/mol. The molecule has 0 aliphatic heterocycles. The molecule has 1 unspecified atom stereocenters. The van der Waals surface area contributed by atoms with E-state index >= 15 is 0 Å². The topological polar surface area (TPSA) is 75.6 Å². The van der Waals surface area contributed by atoms with Crippen molar-refractivity contribution in [1.29, 1.82) is 0 Å². The fraction of sp³-hybridized carbons (Fsp3) is 0.556. The lowest BCUT2D eigenvalue weighted by Gasteiger charge is -2.25. The lowest BCUT2D eigenvalue weighted by molar-refractivity contribution is -0.147. The first-order valence-electron chi connectivity index (χ1n) is 8.24. The molecule has 1 atom stereocenters. The zero-order chi connectivity index (χ0) is 16.9. The first-order valence-corrected chi connectivity index (χ1v) is 8.24. The van der Waals surface area contributed by atoms with Gasteiger partial charge in [0, 0.05) is 0 Å². The van der Waals surface area contributed by atoms with E-state index in [1.165, 1.54) is 0 Å². The highest BCUT2D eigenvalue weighted by Gasteiger charge is 2.42. The van der Waals surface area contributed by atoms with Crippen molar-refractivity contribution in [3.8, 4) is 5.75 Å². The summed E-state index contributed by atoms with van der Waals surface area (Å²) in [6, 6.07) is 7.66. The number of benzene rings is 1. The van der Waals surface area contributed by atoms with Gasteiger partial charge in [-0.25, -0.2) is 4.79 Å². The van der Waals surface area contributed by atoms with Gasteiger partial charge in [0.25, 0.3) is 5.91 Å². The predicted octanol–water partition coefficient (Wildman–Crippen LogP) is 3.09. The molecule has 0 bridgehead atoms. The van der Waals surface area contributed by atoms with Gasteiger partial charge in [-0.2, -0.15) is 0 Å². The van der Waals surface area contributed by atoms with E-state index in [1.807, 2.05) is 24.3 Å². The highest BCUT2D eigenvalue weighted by atomic mass is 16.5. The third-order valence-corrected chi connectivity index (χ3v) is 4.67. The number of carboxylic acid groups (broad SMARTS) is 1. The summed E-state index contributed by atoms with van der Waals surface area (Å²) in [4.78, 5) is 23.6. The zero-order valence-corrected chi connectivity index (χ0v) is 13.8. The Bertz CT molecular complexity index is 564. The summed E-state index contributed by atoms with van der Waals surface area (Å²) in [5.74, 6) is -0.307. The Morgan fingerprint density at radius 3 is 2.57 bits per heavy atom. The quantitative estimate of drug-likeness (QED) is 0.810. The molecule has 5 heteroatoms.